The van der Waals surface area contributed by atoms with Crippen LogP contribution < -0.4 is 0 Å². The normalized spacial score (nSPS) is 21.7. The Morgan fingerprint density at radius 2 is 1.70 bits per heavy atom. The van der Waals surface area contributed by atoms with Gasteiger partial charge in [0.05, 0.1) is 17.8 Å². The predicted octanol–water partition coefficient (Wildman–Crippen LogP) is 5.27. The molecule has 236 valence electrons. The molecule has 44 heavy (non-hydrogen) atoms. The Kier molecular flexibility index (Phi) is 9.26. The number of rotatable bonds is 7. The summed E-state index contributed by atoms with van der Waals surface area (Å²) in [7, 11) is 0. The summed E-state index contributed by atoms with van der Waals surface area (Å²) in [6.07, 6.45) is 8.06. The molecule has 5 rings (SSSR count). The van der Waals surface area contributed by atoms with Gasteiger partial charge in [0.15, 0.2) is 0 Å². The number of likely N-dealkylation sites (tertiary alicyclic amines) is 2. The fourth-order valence-corrected chi connectivity index (χ4v) is 7.62. The second kappa shape index (κ2) is 12.8. The van der Waals surface area contributed by atoms with Crippen molar-refractivity contribution in [2.24, 2.45) is 5.92 Å². The Morgan fingerprint density at radius 3 is 2.30 bits per heavy atom. The van der Waals surface area contributed by atoms with Gasteiger partial charge in [-0.15, -0.1) is 0 Å². The van der Waals surface area contributed by atoms with Crippen LogP contribution in [0.4, 0.5) is 4.79 Å². The number of ether oxygens (including phenoxy) is 1. The van der Waals surface area contributed by atoms with Crippen molar-refractivity contribution in [3.63, 3.8) is 0 Å². The minimum absolute atomic E-state index is 0.00141. The van der Waals surface area contributed by atoms with Gasteiger partial charge in [0.25, 0.3) is 5.91 Å². The Hall–Kier alpha value is -3.58. The highest BCUT2D eigenvalue weighted by Gasteiger charge is 2.51. The van der Waals surface area contributed by atoms with Gasteiger partial charge in [-0.2, -0.15) is 5.26 Å². The Balaban J connectivity index is 1.23. The molecular formula is C34H47N7O3. The third-order valence-electron chi connectivity index (χ3n) is 10.6. The van der Waals surface area contributed by atoms with Crippen molar-refractivity contribution in [2.45, 2.75) is 104 Å². The average Bonchev–Trinajstić information content (AvgIpc) is 2.99. The number of nitriles is 1. The predicted molar refractivity (Wildman–Crippen MR) is 167 cm³/mol. The Morgan fingerprint density at radius 1 is 1.05 bits per heavy atom. The van der Waals surface area contributed by atoms with Crippen molar-refractivity contribution in [1.82, 2.24) is 29.7 Å². The number of pyridine rings is 1. The minimum Gasteiger partial charge on any atom is -0.442 e. The summed E-state index contributed by atoms with van der Waals surface area (Å²) in [6.45, 7) is 16.5. The van der Waals surface area contributed by atoms with Gasteiger partial charge in [-0.05, 0) is 65.5 Å². The molecule has 5 heterocycles. The molecule has 0 aliphatic carbocycles. The van der Waals surface area contributed by atoms with Crippen molar-refractivity contribution in [2.75, 3.05) is 32.7 Å². The SMILES string of the molecule is CCCCC1CN(Cc2c(C)ncnc2C)C(=O)OC12CCN(C1(C)CCN(C(=O)c3c(C)cc(C#N)nc3C)CC1)CC2. The van der Waals surface area contributed by atoms with Crippen LogP contribution in [0.2, 0.25) is 0 Å². The zero-order chi connectivity index (χ0) is 31.6. The minimum atomic E-state index is -0.429. The van der Waals surface area contributed by atoms with E-state index < -0.39 is 5.60 Å². The summed E-state index contributed by atoms with van der Waals surface area (Å²) in [5.41, 5.74) is 4.74. The molecule has 0 aromatic carbocycles. The molecule has 10 heteroatoms. The highest BCUT2D eigenvalue weighted by Crippen LogP contribution is 2.43. The zero-order valence-corrected chi connectivity index (χ0v) is 27.3. The first kappa shape index (κ1) is 31.8. The second-order valence-corrected chi connectivity index (χ2v) is 13.3. The average molecular weight is 602 g/mol. The molecule has 1 unspecified atom stereocenters. The standard InChI is InChI=1S/C34H47N7O3/c1-7-8-9-27-20-40(21-29-24(3)36-22-37-25(29)4)32(43)44-34(27)12-16-41(17-13-34)33(6)10-14-39(15-11-33)31(42)30-23(2)18-28(19-35)38-26(30)5/h18,22,27H,7-17,20-21H2,1-6H3. The van der Waals surface area contributed by atoms with Crippen molar-refractivity contribution in [1.29, 1.82) is 5.26 Å². The first-order chi connectivity index (χ1) is 21.0. The van der Waals surface area contributed by atoms with Crippen LogP contribution in [0.1, 0.15) is 103 Å². The maximum Gasteiger partial charge on any atom is 0.410 e. The van der Waals surface area contributed by atoms with E-state index in [1.807, 2.05) is 37.5 Å². The summed E-state index contributed by atoms with van der Waals surface area (Å²) >= 11 is 0. The third kappa shape index (κ3) is 6.16. The molecule has 1 spiro atoms. The topological polar surface area (TPSA) is 116 Å². The van der Waals surface area contributed by atoms with Gasteiger partial charge in [0, 0.05) is 74.0 Å². The summed E-state index contributed by atoms with van der Waals surface area (Å²) in [5, 5.41) is 9.23. The molecule has 2 aromatic heterocycles. The van der Waals surface area contributed by atoms with Crippen LogP contribution in [0.3, 0.4) is 0 Å². The number of nitrogens with zero attached hydrogens (tertiary/aromatic N) is 7. The molecule has 10 nitrogen and oxygen atoms in total. The quantitative estimate of drug-likeness (QED) is 0.422. The number of unbranched alkanes of at least 4 members (excludes halogenated alkanes) is 1. The highest BCUT2D eigenvalue weighted by atomic mass is 16.6. The summed E-state index contributed by atoms with van der Waals surface area (Å²) in [4.78, 5) is 46.3. The molecule has 0 bridgehead atoms. The largest absolute Gasteiger partial charge is 0.442 e. The number of hydrogen-bond acceptors (Lipinski definition) is 8. The van der Waals surface area contributed by atoms with Crippen molar-refractivity contribution in [3.05, 3.63) is 51.9 Å². The number of carbonyl (C=O) groups is 2. The van der Waals surface area contributed by atoms with Crippen LogP contribution in [0.15, 0.2) is 12.4 Å². The molecule has 3 saturated heterocycles. The molecule has 3 fully saturated rings. The van der Waals surface area contributed by atoms with Crippen molar-refractivity contribution < 1.29 is 14.3 Å². The lowest BCUT2D eigenvalue weighted by atomic mass is 9.74. The third-order valence-corrected chi connectivity index (χ3v) is 10.6. The van der Waals surface area contributed by atoms with Gasteiger partial charge in [0.1, 0.15) is 23.7 Å². The lowest BCUT2D eigenvalue weighted by Gasteiger charge is -2.55. The zero-order valence-electron chi connectivity index (χ0n) is 27.3. The van der Waals surface area contributed by atoms with Crippen LogP contribution in [0.25, 0.3) is 0 Å². The highest BCUT2D eigenvalue weighted by molar-refractivity contribution is 5.96. The van der Waals surface area contributed by atoms with Crippen LogP contribution in [0.5, 0.6) is 0 Å². The lowest BCUT2D eigenvalue weighted by Crippen LogP contribution is -2.63. The summed E-state index contributed by atoms with van der Waals surface area (Å²) in [5.74, 6) is 0.286. The number of aromatic nitrogens is 3. The Labute approximate surface area is 261 Å². The maximum absolute atomic E-state index is 13.5. The smallest absolute Gasteiger partial charge is 0.410 e. The van der Waals surface area contributed by atoms with E-state index in [0.29, 0.717) is 43.1 Å². The Bertz CT molecular complexity index is 1390. The molecule has 1 atom stereocenters. The lowest BCUT2D eigenvalue weighted by molar-refractivity contribution is -0.134. The number of piperidine rings is 2. The molecule has 3 aliphatic heterocycles. The van der Waals surface area contributed by atoms with E-state index in [4.69, 9.17) is 4.74 Å². The summed E-state index contributed by atoms with van der Waals surface area (Å²) in [6, 6.07) is 3.77. The molecule has 0 radical (unpaired) electrons. The van der Waals surface area contributed by atoms with Gasteiger partial charge < -0.3 is 14.5 Å². The van der Waals surface area contributed by atoms with Gasteiger partial charge in [-0.25, -0.2) is 19.7 Å². The van der Waals surface area contributed by atoms with Crippen molar-refractivity contribution in [3.8, 4) is 6.07 Å². The number of amides is 2. The monoisotopic (exact) mass is 601 g/mol. The molecule has 2 aromatic rings. The summed E-state index contributed by atoms with van der Waals surface area (Å²) < 4.78 is 6.43. The number of carbonyl (C=O) groups excluding carboxylic acids is 2. The molecule has 0 N–H and O–H groups in total. The first-order valence-electron chi connectivity index (χ1n) is 16.2. The molecule has 3 aliphatic rings. The van der Waals surface area contributed by atoms with Crippen molar-refractivity contribution >= 4 is 12.0 Å². The van der Waals surface area contributed by atoms with E-state index in [1.165, 1.54) is 0 Å². The fraction of sp³-hybridized carbons (Fsp3) is 0.647. The van der Waals surface area contributed by atoms with Gasteiger partial charge >= 0.3 is 6.09 Å². The van der Waals surface area contributed by atoms with E-state index in [9.17, 15) is 14.9 Å². The molecule has 2 amide bonds. The number of aryl methyl sites for hydroxylation is 4. The van der Waals surface area contributed by atoms with E-state index >= 15 is 0 Å². The van der Waals surface area contributed by atoms with E-state index in [1.54, 1.807) is 12.4 Å². The fourth-order valence-electron chi connectivity index (χ4n) is 7.62. The maximum atomic E-state index is 13.5. The molecule has 0 saturated carbocycles. The van der Waals surface area contributed by atoms with Crippen LogP contribution in [-0.4, -0.2) is 85.5 Å². The van der Waals surface area contributed by atoms with Gasteiger partial charge in [-0.1, -0.05) is 19.8 Å². The van der Waals surface area contributed by atoms with Gasteiger partial charge in [-0.3, -0.25) is 9.69 Å². The van der Waals surface area contributed by atoms with E-state index in [-0.39, 0.29) is 23.5 Å². The first-order valence-corrected chi connectivity index (χ1v) is 16.2. The van der Waals surface area contributed by atoms with Crippen LogP contribution in [0, 0.1) is 44.9 Å². The van der Waals surface area contributed by atoms with Crippen LogP contribution >= 0.6 is 0 Å². The van der Waals surface area contributed by atoms with E-state index in [0.717, 1.165) is 80.6 Å². The second-order valence-electron chi connectivity index (χ2n) is 13.3. The number of hydrogen-bond donors (Lipinski definition) is 0. The van der Waals surface area contributed by atoms with E-state index in [2.05, 4.69) is 39.8 Å². The molecular weight excluding hydrogens is 554 g/mol. The van der Waals surface area contributed by atoms with Gasteiger partial charge in [0.2, 0.25) is 0 Å². The van der Waals surface area contributed by atoms with Crippen LogP contribution in [-0.2, 0) is 11.3 Å².